The number of rotatable bonds is 5. The quantitative estimate of drug-likeness (QED) is 0.914. The first-order chi connectivity index (χ1) is 11.1. The molecule has 0 amide bonds. The zero-order valence-electron chi connectivity index (χ0n) is 13.0. The summed E-state index contributed by atoms with van der Waals surface area (Å²) in [6.45, 7) is 4.00. The average molecular weight is 313 g/mol. The molecule has 6 heteroatoms. The normalized spacial score (nSPS) is 18.0. The molecule has 1 N–H and O–H groups in total. The van der Waals surface area contributed by atoms with E-state index >= 15 is 0 Å². The summed E-state index contributed by atoms with van der Waals surface area (Å²) in [6.07, 6.45) is 3.97. The van der Waals surface area contributed by atoms with E-state index in [1.54, 1.807) is 12.4 Å². The summed E-state index contributed by atoms with van der Waals surface area (Å²) in [5.41, 5.74) is 1.89. The van der Waals surface area contributed by atoms with Gasteiger partial charge in [-0.15, -0.1) is 0 Å². The van der Waals surface area contributed by atoms with Gasteiger partial charge in [-0.05, 0) is 37.6 Å². The van der Waals surface area contributed by atoms with Crippen LogP contribution in [0.4, 0.5) is 0 Å². The van der Waals surface area contributed by atoms with Crippen LogP contribution < -0.4 is 4.74 Å². The molecule has 2 heterocycles. The number of carboxylic acids is 1. The first-order valence-electron chi connectivity index (χ1n) is 7.61. The van der Waals surface area contributed by atoms with Crippen molar-refractivity contribution in [1.29, 1.82) is 0 Å². The molecule has 0 saturated carbocycles. The minimum Gasteiger partial charge on any atom is -0.481 e. The fourth-order valence-electron chi connectivity index (χ4n) is 2.75. The molecular weight excluding hydrogens is 294 g/mol. The average Bonchev–Trinajstić information content (AvgIpc) is 2.96. The first-order valence-corrected chi connectivity index (χ1v) is 7.61. The van der Waals surface area contributed by atoms with E-state index in [2.05, 4.69) is 14.9 Å². The highest BCUT2D eigenvalue weighted by Crippen LogP contribution is 2.23. The smallest absolute Gasteiger partial charge is 0.307 e. The first kappa shape index (κ1) is 15.4. The maximum atomic E-state index is 11.0. The van der Waals surface area contributed by atoms with Crippen molar-refractivity contribution in [1.82, 2.24) is 14.9 Å². The van der Waals surface area contributed by atoms with E-state index in [4.69, 9.17) is 9.84 Å². The van der Waals surface area contributed by atoms with Gasteiger partial charge >= 0.3 is 5.97 Å². The summed E-state index contributed by atoms with van der Waals surface area (Å²) >= 11 is 0. The molecule has 1 saturated heterocycles. The van der Waals surface area contributed by atoms with Crippen molar-refractivity contribution in [3.63, 3.8) is 0 Å². The van der Waals surface area contributed by atoms with E-state index in [1.165, 1.54) is 0 Å². The minimum atomic E-state index is -0.706. The third-order valence-corrected chi connectivity index (χ3v) is 3.88. The van der Waals surface area contributed by atoms with E-state index in [1.807, 2.05) is 31.2 Å². The number of carboxylic acid groups (broad SMARTS) is 1. The van der Waals surface area contributed by atoms with Gasteiger partial charge in [-0.3, -0.25) is 14.7 Å². The summed E-state index contributed by atoms with van der Waals surface area (Å²) in [5.74, 6) is 0.213. The zero-order valence-corrected chi connectivity index (χ0v) is 13.0. The minimum absolute atomic E-state index is 0.253. The van der Waals surface area contributed by atoms with E-state index in [9.17, 15) is 4.79 Å². The number of likely N-dealkylation sites (tertiary alicyclic amines) is 1. The van der Waals surface area contributed by atoms with Gasteiger partial charge in [0.1, 0.15) is 5.75 Å². The molecule has 6 nitrogen and oxygen atoms in total. The standard InChI is InChI=1S/C17H19N3O3/c1-12-8-18-9-16(19-12)23-15-4-2-3-13(7-15)10-20-6-5-14(11-20)17(21)22/h2-4,7-9,14H,5-6,10-11H2,1H3,(H,21,22). The van der Waals surface area contributed by atoms with Crippen LogP contribution in [0.5, 0.6) is 11.6 Å². The highest BCUT2D eigenvalue weighted by atomic mass is 16.5. The van der Waals surface area contributed by atoms with Crippen LogP contribution in [-0.4, -0.2) is 39.0 Å². The maximum Gasteiger partial charge on any atom is 0.307 e. The van der Waals surface area contributed by atoms with E-state index < -0.39 is 5.97 Å². The molecule has 2 aromatic rings. The lowest BCUT2D eigenvalue weighted by molar-refractivity contribution is -0.141. The number of benzene rings is 1. The lowest BCUT2D eigenvalue weighted by Gasteiger charge is -2.15. The number of hydrogen-bond donors (Lipinski definition) is 1. The Labute approximate surface area is 134 Å². The number of carbonyl (C=O) groups is 1. The van der Waals surface area contributed by atoms with Crippen LogP contribution in [0.2, 0.25) is 0 Å². The Morgan fingerprint density at radius 3 is 3.04 bits per heavy atom. The largest absolute Gasteiger partial charge is 0.481 e. The molecule has 0 aliphatic carbocycles. The van der Waals surface area contributed by atoms with Gasteiger partial charge in [-0.1, -0.05) is 12.1 Å². The molecule has 0 radical (unpaired) electrons. The predicted octanol–water partition coefficient (Wildman–Crippen LogP) is 2.48. The summed E-state index contributed by atoms with van der Waals surface area (Å²) in [5, 5.41) is 9.07. The fraction of sp³-hybridized carbons (Fsp3) is 0.353. The number of aromatic nitrogens is 2. The zero-order chi connectivity index (χ0) is 16.2. The van der Waals surface area contributed by atoms with Gasteiger partial charge in [-0.25, -0.2) is 4.98 Å². The molecule has 1 aromatic carbocycles. The highest BCUT2D eigenvalue weighted by Gasteiger charge is 2.27. The third-order valence-electron chi connectivity index (χ3n) is 3.88. The molecule has 3 rings (SSSR count). The molecule has 1 fully saturated rings. The lowest BCUT2D eigenvalue weighted by Crippen LogP contribution is -2.22. The summed E-state index contributed by atoms with van der Waals surface area (Å²) in [6, 6.07) is 7.77. The molecular formula is C17H19N3O3. The van der Waals surface area contributed by atoms with Gasteiger partial charge < -0.3 is 9.84 Å². The van der Waals surface area contributed by atoms with Crippen molar-refractivity contribution in [2.24, 2.45) is 5.92 Å². The third kappa shape index (κ3) is 4.04. The molecule has 1 aliphatic heterocycles. The summed E-state index contributed by atoms with van der Waals surface area (Å²) in [7, 11) is 0. The topological polar surface area (TPSA) is 75.5 Å². The Morgan fingerprint density at radius 2 is 2.30 bits per heavy atom. The predicted molar refractivity (Wildman–Crippen MR) is 84.3 cm³/mol. The monoisotopic (exact) mass is 313 g/mol. The SMILES string of the molecule is Cc1cncc(Oc2cccc(CN3CCC(C(=O)O)C3)c2)n1. The molecule has 1 unspecified atom stereocenters. The van der Waals surface area contributed by atoms with E-state index in [0.29, 0.717) is 24.6 Å². The van der Waals surface area contributed by atoms with Crippen LogP contribution in [-0.2, 0) is 11.3 Å². The Hall–Kier alpha value is -2.47. The molecule has 1 aliphatic rings. The van der Waals surface area contributed by atoms with E-state index in [0.717, 1.165) is 24.3 Å². The van der Waals surface area contributed by atoms with Gasteiger partial charge in [-0.2, -0.15) is 0 Å². The number of nitrogens with zero attached hydrogens (tertiary/aromatic N) is 3. The number of aliphatic carboxylic acids is 1. The van der Waals surface area contributed by atoms with Gasteiger partial charge in [0.15, 0.2) is 0 Å². The number of aryl methyl sites for hydroxylation is 1. The van der Waals surface area contributed by atoms with Crippen molar-refractivity contribution in [2.45, 2.75) is 19.9 Å². The van der Waals surface area contributed by atoms with Crippen molar-refractivity contribution < 1.29 is 14.6 Å². The number of hydrogen-bond acceptors (Lipinski definition) is 5. The highest BCUT2D eigenvalue weighted by molar-refractivity contribution is 5.70. The second-order valence-electron chi connectivity index (χ2n) is 5.81. The van der Waals surface area contributed by atoms with E-state index in [-0.39, 0.29) is 5.92 Å². The summed E-state index contributed by atoms with van der Waals surface area (Å²) in [4.78, 5) is 21.5. The van der Waals surface area contributed by atoms with Crippen molar-refractivity contribution in [2.75, 3.05) is 13.1 Å². The van der Waals surface area contributed by atoms with Gasteiger partial charge in [0.2, 0.25) is 5.88 Å². The van der Waals surface area contributed by atoms with Crippen LogP contribution in [0.15, 0.2) is 36.7 Å². The van der Waals surface area contributed by atoms with Crippen molar-refractivity contribution in [3.05, 3.63) is 47.9 Å². The second-order valence-corrected chi connectivity index (χ2v) is 5.81. The molecule has 0 spiro atoms. The molecule has 120 valence electrons. The van der Waals surface area contributed by atoms with Crippen LogP contribution in [0.1, 0.15) is 17.7 Å². The van der Waals surface area contributed by atoms with Crippen LogP contribution in [0.3, 0.4) is 0 Å². The fourth-order valence-corrected chi connectivity index (χ4v) is 2.75. The lowest BCUT2D eigenvalue weighted by atomic mass is 10.1. The molecule has 0 bridgehead atoms. The van der Waals surface area contributed by atoms with Gasteiger partial charge in [0.25, 0.3) is 0 Å². The van der Waals surface area contributed by atoms with Crippen molar-refractivity contribution in [3.8, 4) is 11.6 Å². The summed E-state index contributed by atoms with van der Waals surface area (Å²) < 4.78 is 5.74. The maximum absolute atomic E-state index is 11.0. The molecule has 1 atom stereocenters. The van der Waals surface area contributed by atoms with Crippen LogP contribution in [0, 0.1) is 12.8 Å². The van der Waals surface area contributed by atoms with Gasteiger partial charge in [0.05, 0.1) is 17.8 Å². The Kier molecular flexibility index (Phi) is 4.52. The Bertz CT molecular complexity index is 705. The van der Waals surface area contributed by atoms with Crippen LogP contribution in [0.25, 0.3) is 0 Å². The molecule has 1 aromatic heterocycles. The van der Waals surface area contributed by atoms with Crippen molar-refractivity contribution >= 4 is 5.97 Å². The molecule has 23 heavy (non-hydrogen) atoms. The Balaban J connectivity index is 1.65. The second kappa shape index (κ2) is 6.75. The number of ether oxygens (including phenoxy) is 1. The van der Waals surface area contributed by atoms with Crippen LogP contribution >= 0.6 is 0 Å². The van der Waals surface area contributed by atoms with Gasteiger partial charge in [0, 0.05) is 19.3 Å². The Morgan fingerprint density at radius 1 is 1.43 bits per heavy atom.